The maximum atomic E-state index is 13.6. The van der Waals surface area contributed by atoms with Crippen molar-refractivity contribution in [3.05, 3.63) is 59.4 Å². The van der Waals surface area contributed by atoms with Crippen molar-refractivity contribution in [3.63, 3.8) is 0 Å². The van der Waals surface area contributed by atoms with Gasteiger partial charge in [0.1, 0.15) is 12.4 Å². The molecular weight excluding hydrogens is 259 g/mol. The van der Waals surface area contributed by atoms with Crippen LogP contribution in [0.2, 0.25) is 0 Å². The molecule has 0 aliphatic rings. The summed E-state index contributed by atoms with van der Waals surface area (Å²) in [6, 6.07) is 11.9. The van der Waals surface area contributed by atoms with Crippen LogP contribution < -0.4 is 9.47 Å². The maximum absolute atomic E-state index is 13.6. The van der Waals surface area contributed by atoms with E-state index in [-0.39, 0.29) is 12.4 Å². The highest BCUT2D eigenvalue weighted by Gasteiger charge is 2.09. The van der Waals surface area contributed by atoms with E-state index in [9.17, 15) is 9.50 Å². The number of ether oxygens (including phenoxy) is 2. The molecule has 0 aliphatic heterocycles. The van der Waals surface area contributed by atoms with Gasteiger partial charge in [0.05, 0.1) is 13.2 Å². The summed E-state index contributed by atoms with van der Waals surface area (Å²) in [4.78, 5) is 0. The number of aliphatic hydroxyl groups is 1. The van der Waals surface area contributed by atoms with Crippen molar-refractivity contribution >= 4 is 0 Å². The molecule has 0 aromatic heterocycles. The Labute approximate surface area is 117 Å². The Morgan fingerprint density at radius 1 is 1.15 bits per heavy atom. The Hall–Kier alpha value is -2.07. The van der Waals surface area contributed by atoms with Crippen LogP contribution in [-0.2, 0) is 6.61 Å². The first-order valence-corrected chi connectivity index (χ1v) is 6.34. The lowest BCUT2D eigenvalue weighted by Crippen LogP contribution is -2.01. The lowest BCUT2D eigenvalue weighted by atomic mass is 10.1. The number of aliphatic hydroxyl groups excluding tert-OH is 1. The molecule has 0 radical (unpaired) electrons. The molecule has 0 aliphatic carbocycles. The first kappa shape index (κ1) is 14.3. The predicted octanol–water partition coefficient (Wildman–Crippen LogP) is 3.47. The topological polar surface area (TPSA) is 38.7 Å². The zero-order valence-corrected chi connectivity index (χ0v) is 11.5. The van der Waals surface area contributed by atoms with Gasteiger partial charge in [-0.1, -0.05) is 24.3 Å². The average molecular weight is 276 g/mol. The largest absolute Gasteiger partial charge is 0.494 e. The van der Waals surface area contributed by atoms with E-state index in [1.54, 1.807) is 31.2 Å². The van der Waals surface area contributed by atoms with Crippen LogP contribution >= 0.6 is 0 Å². The second-order valence-electron chi connectivity index (χ2n) is 4.47. The van der Waals surface area contributed by atoms with E-state index >= 15 is 0 Å². The molecule has 2 aromatic carbocycles. The van der Waals surface area contributed by atoms with Crippen molar-refractivity contribution in [1.82, 2.24) is 0 Å². The van der Waals surface area contributed by atoms with E-state index in [1.165, 1.54) is 13.2 Å². The van der Waals surface area contributed by atoms with Gasteiger partial charge in [0.15, 0.2) is 11.6 Å². The Morgan fingerprint density at radius 3 is 2.55 bits per heavy atom. The Kier molecular flexibility index (Phi) is 4.58. The summed E-state index contributed by atoms with van der Waals surface area (Å²) in [6.45, 7) is 1.90. The molecule has 2 rings (SSSR count). The number of hydrogen-bond donors (Lipinski definition) is 1. The molecule has 4 heteroatoms. The summed E-state index contributed by atoms with van der Waals surface area (Å²) < 4.78 is 24.1. The van der Waals surface area contributed by atoms with Gasteiger partial charge < -0.3 is 14.6 Å². The van der Waals surface area contributed by atoms with E-state index in [0.717, 1.165) is 0 Å². The summed E-state index contributed by atoms with van der Waals surface area (Å²) in [7, 11) is 1.42. The van der Waals surface area contributed by atoms with Gasteiger partial charge in [0.25, 0.3) is 0 Å². The normalized spacial score (nSPS) is 12.0. The smallest absolute Gasteiger partial charge is 0.165 e. The molecule has 0 amide bonds. The number of para-hydroxylation sites is 1. The summed E-state index contributed by atoms with van der Waals surface area (Å²) in [5.74, 6) is 0.384. The molecule has 0 unspecified atom stereocenters. The average Bonchev–Trinajstić information content (AvgIpc) is 2.45. The first-order chi connectivity index (χ1) is 9.61. The van der Waals surface area contributed by atoms with E-state index in [2.05, 4.69) is 0 Å². The Bertz CT molecular complexity index is 582. The molecule has 1 N–H and O–H groups in total. The van der Waals surface area contributed by atoms with Crippen LogP contribution in [0, 0.1) is 5.82 Å². The summed E-state index contributed by atoms with van der Waals surface area (Å²) >= 11 is 0. The van der Waals surface area contributed by atoms with Gasteiger partial charge in [-0.15, -0.1) is 0 Å². The minimum Gasteiger partial charge on any atom is -0.494 e. The highest BCUT2D eigenvalue weighted by molar-refractivity contribution is 5.35. The third-order valence-electron chi connectivity index (χ3n) is 2.98. The number of methoxy groups -OCH3 is 1. The molecule has 0 heterocycles. The van der Waals surface area contributed by atoms with Gasteiger partial charge in [0, 0.05) is 5.56 Å². The van der Waals surface area contributed by atoms with Gasteiger partial charge in [-0.2, -0.15) is 0 Å². The fourth-order valence-corrected chi connectivity index (χ4v) is 1.92. The number of rotatable bonds is 5. The van der Waals surface area contributed by atoms with Crippen LogP contribution in [0.1, 0.15) is 24.2 Å². The molecular formula is C16H17FO3. The molecule has 0 bridgehead atoms. The highest BCUT2D eigenvalue weighted by atomic mass is 19.1. The molecule has 2 aromatic rings. The predicted molar refractivity (Wildman–Crippen MR) is 74.4 cm³/mol. The van der Waals surface area contributed by atoms with Crippen molar-refractivity contribution in [2.24, 2.45) is 0 Å². The number of hydrogen-bond acceptors (Lipinski definition) is 3. The first-order valence-electron chi connectivity index (χ1n) is 6.34. The van der Waals surface area contributed by atoms with E-state index in [4.69, 9.17) is 9.47 Å². The molecule has 106 valence electrons. The molecule has 0 fully saturated rings. The molecule has 1 atom stereocenters. The number of benzene rings is 2. The van der Waals surface area contributed by atoms with Gasteiger partial charge in [-0.05, 0) is 30.7 Å². The SMILES string of the molecule is COc1ccc(COc2ccccc2[C@@H](C)O)cc1F. The highest BCUT2D eigenvalue weighted by Crippen LogP contribution is 2.26. The van der Waals surface area contributed by atoms with Gasteiger partial charge in [-0.3, -0.25) is 0 Å². The van der Waals surface area contributed by atoms with Crippen LogP contribution in [0.3, 0.4) is 0 Å². The molecule has 0 spiro atoms. The fraction of sp³-hybridized carbons (Fsp3) is 0.250. The minimum atomic E-state index is -0.612. The third-order valence-corrected chi connectivity index (χ3v) is 2.98. The quantitative estimate of drug-likeness (QED) is 0.908. The van der Waals surface area contributed by atoms with Gasteiger partial charge in [0.2, 0.25) is 0 Å². The van der Waals surface area contributed by atoms with Crippen LogP contribution in [0.15, 0.2) is 42.5 Å². The lowest BCUT2D eigenvalue weighted by Gasteiger charge is -2.13. The van der Waals surface area contributed by atoms with E-state index in [0.29, 0.717) is 16.9 Å². The van der Waals surface area contributed by atoms with E-state index < -0.39 is 11.9 Å². The van der Waals surface area contributed by atoms with Crippen LogP contribution in [0.5, 0.6) is 11.5 Å². The van der Waals surface area contributed by atoms with Gasteiger partial charge in [-0.25, -0.2) is 4.39 Å². The Balaban J connectivity index is 2.11. The van der Waals surface area contributed by atoms with Crippen LogP contribution in [0.4, 0.5) is 4.39 Å². The van der Waals surface area contributed by atoms with Crippen molar-refractivity contribution in [2.75, 3.05) is 7.11 Å². The zero-order valence-electron chi connectivity index (χ0n) is 11.5. The van der Waals surface area contributed by atoms with Crippen molar-refractivity contribution in [3.8, 4) is 11.5 Å². The summed E-state index contributed by atoms with van der Waals surface area (Å²) in [5.41, 5.74) is 1.41. The van der Waals surface area contributed by atoms with Crippen molar-refractivity contribution in [2.45, 2.75) is 19.6 Å². The van der Waals surface area contributed by atoms with Crippen LogP contribution in [-0.4, -0.2) is 12.2 Å². The standard InChI is InChI=1S/C16H17FO3/c1-11(18)13-5-3-4-6-15(13)20-10-12-7-8-16(19-2)14(17)9-12/h3-9,11,18H,10H2,1-2H3/t11-/m1/s1. The Morgan fingerprint density at radius 2 is 1.90 bits per heavy atom. The lowest BCUT2D eigenvalue weighted by molar-refractivity contribution is 0.190. The van der Waals surface area contributed by atoms with Crippen molar-refractivity contribution in [1.29, 1.82) is 0 Å². The monoisotopic (exact) mass is 276 g/mol. The molecule has 0 saturated carbocycles. The second kappa shape index (κ2) is 6.39. The zero-order chi connectivity index (χ0) is 14.5. The van der Waals surface area contributed by atoms with Crippen LogP contribution in [0.25, 0.3) is 0 Å². The number of halogens is 1. The third kappa shape index (κ3) is 3.27. The van der Waals surface area contributed by atoms with Crippen molar-refractivity contribution < 1.29 is 19.0 Å². The minimum absolute atomic E-state index is 0.207. The molecule has 20 heavy (non-hydrogen) atoms. The maximum Gasteiger partial charge on any atom is 0.165 e. The second-order valence-corrected chi connectivity index (χ2v) is 4.47. The summed E-state index contributed by atoms with van der Waals surface area (Å²) in [6.07, 6.45) is -0.612. The van der Waals surface area contributed by atoms with E-state index in [1.807, 2.05) is 12.1 Å². The van der Waals surface area contributed by atoms with Gasteiger partial charge >= 0.3 is 0 Å². The molecule has 0 saturated heterocycles. The molecule has 3 nitrogen and oxygen atoms in total. The summed E-state index contributed by atoms with van der Waals surface area (Å²) in [5, 5.41) is 9.66. The fourth-order valence-electron chi connectivity index (χ4n) is 1.92.